The Morgan fingerprint density at radius 2 is 2.10 bits per heavy atom. The molecule has 3 heterocycles. The summed E-state index contributed by atoms with van der Waals surface area (Å²) in [4.78, 5) is 19.9. The van der Waals surface area contributed by atoms with E-state index in [4.69, 9.17) is 9.15 Å². The smallest absolute Gasteiger partial charge is 0.322 e. The average Bonchev–Trinajstić information content (AvgIpc) is 2.97. The molecule has 0 atom stereocenters. The molecule has 1 saturated heterocycles. The monoisotopic (exact) mass is 275 g/mol. The summed E-state index contributed by atoms with van der Waals surface area (Å²) in [7, 11) is 0. The summed E-state index contributed by atoms with van der Waals surface area (Å²) in [6, 6.07) is 0.0714. The molecular formula is C12H13N5O3. The van der Waals surface area contributed by atoms with Gasteiger partial charge in [-0.3, -0.25) is 15.1 Å². The van der Waals surface area contributed by atoms with E-state index in [0.29, 0.717) is 31.7 Å². The van der Waals surface area contributed by atoms with Crippen LogP contribution in [0.15, 0.2) is 23.0 Å². The third-order valence-electron chi connectivity index (χ3n) is 3.03. The number of carbonyl (C=O) groups excluding carboxylic acids is 1. The van der Waals surface area contributed by atoms with E-state index in [1.807, 2.05) is 0 Å². The first-order chi connectivity index (χ1) is 9.83. The zero-order valence-electron chi connectivity index (χ0n) is 10.7. The van der Waals surface area contributed by atoms with Crippen LogP contribution in [0.4, 0.5) is 6.01 Å². The molecule has 1 fully saturated rings. The Balaban J connectivity index is 1.66. The summed E-state index contributed by atoms with van der Waals surface area (Å²) in [6.07, 6.45) is 6.00. The van der Waals surface area contributed by atoms with Gasteiger partial charge in [0.05, 0.1) is 6.20 Å². The molecule has 0 bridgehead atoms. The van der Waals surface area contributed by atoms with Crippen LogP contribution in [0.2, 0.25) is 0 Å². The normalized spacial score (nSPS) is 16.0. The first-order valence-electron chi connectivity index (χ1n) is 6.31. The lowest BCUT2D eigenvalue weighted by molar-refractivity contribution is -0.122. The molecule has 1 amide bonds. The third-order valence-corrected chi connectivity index (χ3v) is 3.03. The van der Waals surface area contributed by atoms with Crippen LogP contribution in [0.1, 0.15) is 12.8 Å². The Morgan fingerprint density at radius 3 is 2.85 bits per heavy atom. The number of anilines is 1. The number of rotatable bonds is 3. The maximum Gasteiger partial charge on any atom is 0.322 e. The van der Waals surface area contributed by atoms with E-state index in [1.165, 1.54) is 12.4 Å². The quantitative estimate of drug-likeness (QED) is 0.887. The van der Waals surface area contributed by atoms with Crippen molar-refractivity contribution in [1.29, 1.82) is 0 Å². The molecule has 2 aromatic rings. The van der Waals surface area contributed by atoms with E-state index in [9.17, 15) is 4.79 Å². The number of carbonyl (C=O) groups is 1. The molecule has 104 valence electrons. The molecule has 0 aliphatic carbocycles. The van der Waals surface area contributed by atoms with Gasteiger partial charge in [0.15, 0.2) is 0 Å². The van der Waals surface area contributed by atoms with Crippen LogP contribution >= 0.6 is 0 Å². The highest BCUT2D eigenvalue weighted by atomic mass is 16.5. The fourth-order valence-corrected chi connectivity index (χ4v) is 1.95. The Labute approximate surface area is 114 Å². The summed E-state index contributed by atoms with van der Waals surface area (Å²) < 4.78 is 10.6. The van der Waals surface area contributed by atoms with Crippen molar-refractivity contribution >= 4 is 11.9 Å². The lowest BCUT2D eigenvalue weighted by Crippen LogP contribution is -2.28. The SMILES string of the molecule is O=C(Nc1nnc(-c2cnccn2)o1)C1CCOCC1. The van der Waals surface area contributed by atoms with Gasteiger partial charge in [-0.1, -0.05) is 5.10 Å². The summed E-state index contributed by atoms with van der Waals surface area (Å²) >= 11 is 0. The van der Waals surface area contributed by atoms with Crippen molar-refractivity contribution in [3.63, 3.8) is 0 Å². The molecule has 8 heteroatoms. The molecule has 0 spiro atoms. The van der Waals surface area contributed by atoms with Crippen LogP contribution in [0.5, 0.6) is 0 Å². The van der Waals surface area contributed by atoms with Crippen LogP contribution in [0.3, 0.4) is 0 Å². The minimum absolute atomic E-state index is 0.0714. The fraction of sp³-hybridized carbons (Fsp3) is 0.417. The summed E-state index contributed by atoms with van der Waals surface area (Å²) in [5.41, 5.74) is 0.464. The van der Waals surface area contributed by atoms with Gasteiger partial charge in [-0.2, -0.15) is 0 Å². The minimum atomic E-state index is -0.123. The molecule has 8 nitrogen and oxygen atoms in total. The molecule has 0 aromatic carbocycles. The highest BCUT2D eigenvalue weighted by Gasteiger charge is 2.23. The van der Waals surface area contributed by atoms with Crippen molar-refractivity contribution in [3.8, 4) is 11.6 Å². The first kappa shape index (κ1) is 12.7. The van der Waals surface area contributed by atoms with Gasteiger partial charge < -0.3 is 9.15 Å². The Bertz CT molecular complexity index is 580. The number of hydrogen-bond donors (Lipinski definition) is 1. The van der Waals surface area contributed by atoms with Crippen molar-refractivity contribution in [2.24, 2.45) is 5.92 Å². The van der Waals surface area contributed by atoms with Crippen molar-refractivity contribution in [1.82, 2.24) is 20.2 Å². The van der Waals surface area contributed by atoms with Gasteiger partial charge in [0, 0.05) is 31.5 Å². The lowest BCUT2D eigenvalue weighted by atomic mass is 10.00. The van der Waals surface area contributed by atoms with Crippen LogP contribution in [0, 0.1) is 5.92 Å². The molecule has 1 N–H and O–H groups in total. The van der Waals surface area contributed by atoms with Crippen molar-refractivity contribution in [3.05, 3.63) is 18.6 Å². The van der Waals surface area contributed by atoms with Crippen molar-refractivity contribution in [2.75, 3.05) is 18.5 Å². The topological polar surface area (TPSA) is 103 Å². The van der Waals surface area contributed by atoms with E-state index < -0.39 is 0 Å². The van der Waals surface area contributed by atoms with E-state index in [1.54, 1.807) is 6.20 Å². The van der Waals surface area contributed by atoms with Crippen LogP contribution in [-0.4, -0.2) is 39.3 Å². The van der Waals surface area contributed by atoms with Crippen LogP contribution in [0.25, 0.3) is 11.6 Å². The molecule has 3 rings (SSSR count). The van der Waals surface area contributed by atoms with Crippen molar-refractivity contribution < 1.29 is 13.9 Å². The standard InChI is InChI=1S/C12H13N5O3/c18-10(8-1-5-19-6-2-8)15-12-17-16-11(20-12)9-7-13-3-4-14-9/h3-4,7-8H,1-2,5-6H2,(H,15,17,18). The van der Waals surface area contributed by atoms with Crippen LogP contribution < -0.4 is 5.32 Å². The maximum absolute atomic E-state index is 12.0. The maximum atomic E-state index is 12.0. The second-order valence-electron chi connectivity index (χ2n) is 4.38. The average molecular weight is 275 g/mol. The lowest BCUT2D eigenvalue weighted by Gasteiger charge is -2.20. The number of amides is 1. The van der Waals surface area contributed by atoms with Gasteiger partial charge in [-0.25, -0.2) is 4.98 Å². The van der Waals surface area contributed by atoms with Crippen molar-refractivity contribution in [2.45, 2.75) is 12.8 Å². The number of ether oxygens (including phenoxy) is 1. The van der Waals surface area contributed by atoms with Gasteiger partial charge in [0.1, 0.15) is 5.69 Å². The highest BCUT2D eigenvalue weighted by molar-refractivity contribution is 5.90. The molecule has 0 unspecified atom stereocenters. The second kappa shape index (κ2) is 5.74. The summed E-state index contributed by atoms with van der Waals surface area (Å²) in [5, 5.41) is 10.2. The number of aromatic nitrogens is 4. The number of nitrogens with zero attached hydrogens (tertiary/aromatic N) is 4. The minimum Gasteiger partial charge on any atom is -0.401 e. The Hall–Kier alpha value is -2.35. The molecular weight excluding hydrogens is 262 g/mol. The Morgan fingerprint density at radius 1 is 1.25 bits per heavy atom. The van der Waals surface area contributed by atoms with E-state index in [0.717, 1.165) is 0 Å². The van der Waals surface area contributed by atoms with Gasteiger partial charge in [-0.05, 0) is 12.8 Å². The second-order valence-corrected chi connectivity index (χ2v) is 4.38. The summed E-state index contributed by atoms with van der Waals surface area (Å²) in [5.74, 6) is 0.0265. The molecule has 1 aliphatic heterocycles. The third kappa shape index (κ3) is 2.80. The van der Waals surface area contributed by atoms with Gasteiger partial charge >= 0.3 is 6.01 Å². The van der Waals surface area contributed by atoms with Gasteiger partial charge in [-0.15, -0.1) is 5.10 Å². The van der Waals surface area contributed by atoms with Gasteiger partial charge in [0.2, 0.25) is 5.91 Å². The van der Waals surface area contributed by atoms with E-state index >= 15 is 0 Å². The van der Waals surface area contributed by atoms with Crippen LogP contribution in [-0.2, 0) is 9.53 Å². The number of hydrogen-bond acceptors (Lipinski definition) is 7. The van der Waals surface area contributed by atoms with E-state index in [2.05, 4.69) is 25.5 Å². The largest absolute Gasteiger partial charge is 0.401 e. The number of nitrogens with one attached hydrogen (secondary N) is 1. The van der Waals surface area contributed by atoms with Gasteiger partial charge in [0.25, 0.3) is 5.89 Å². The predicted octanol–water partition coefficient (Wildman–Crippen LogP) is 0.892. The zero-order chi connectivity index (χ0) is 13.8. The molecule has 20 heavy (non-hydrogen) atoms. The van der Waals surface area contributed by atoms with E-state index in [-0.39, 0.29) is 23.7 Å². The predicted molar refractivity (Wildman–Crippen MR) is 67.5 cm³/mol. The zero-order valence-corrected chi connectivity index (χ0v) is 10.7. The molecule has 1 aliphatic rings. The molecule has 0 saturated carbocycles. The molecule has 0 radical (unpaired) electrons. The highest BCUT2D eigenvalue weighted by Crippen LogP contribution is 2.19. The summed E-state index contributed by atoms with van der Waals surface area (Å²) in [6.45, 7) is 1.21. The molecule has 2 aromatic heterocycles. The fourth-order valence-electron chi connectivity index (χ4n) is 1.95. The Kier molecular flexibility index (Phi) is 3.64. The first-order valence-corrected chi connectivity index (χ1v) is 6.31.